The number of hydrogen-bond acceptors (Lipinski definition) is 5. The number of nitrogens with zero attached hydrogens (tertiary/aromatic N) is 3. The zero-order chi connectivity index (χ0) is 15.1. The second-order valence-electron chi connectivity index (χ2n) is 6.95. The molecule has 0 radical (unpaired) electrons. The summed E-state index contributed by atoms with van der Waals surface area (Å²) in [4.78, 5) is 11.2. The molecule has 6 heteroatoms. The van der Waals surface area contributed by atoms with Crippen molar-refractivity contribution in [2.24, 2.45) is 0 Å². The lowest BCUT2D eigenvalue weighted by atomic mass is 9.81. The predicted octanol–water partition coefficient (Wildman–Crippen LogP) is 1.77. The molecule has 3 rings (SSSR count). The summed E-state index contributed by atoms with van der Waals surface area (Å²) in [6, 6.07) is 0. The molecule has 0 aromatic carbocycles. The van der Waals surface area contributed by atoms with E-state index in [-0.39, 0.29) is 18.3 Å². The maximum atomic E-state index is 6.02. The Morgan fingerprint density at radius 3 is 2.00 bits per heavy atom. The summed E-state index contributed by atoms with van der Waals surface area (Å²) in [5.41, 5.74) is 0.223. The molecule has 21 heavy (non-hydrogen) atoms. The van der Waals surface area contributed by atoms with Crippen LogP contribution in [0, 0.1) is 0 Å². The first-order valence-electron chi connectivity index (χ1n) is 7.82. The largest absolute Gasteiger partial charge is 0.498 e. The molecule has 2 aliphatic rings. The number of anilines is 1. The fourth-order valence-electron chi connectivity index (χ4n) is 2.69. The molecule has 0 N–H and O–H groups in total. The maximum absolute atomic E-state index is 6.02. The number of aromatic nitrogens is 2. The molecule has 114 valence electrons. The molecule has 2 aliphatic heterocycles. The Bertz CT molecular complexity index is 482. The molecule has 2 saturated heterocycles. The Hall–Kier alpha value is -1.14. The predicted molar refractivity (Wildman–Crippen MR) is 83.8 cm³/mol. The minimum absolute atomic E-state index is 0.330. The van der Waals surface area contributed by atoms with E-state index in [1.807, 2.05) is 12.4 Å². The summed E-state index contributed by atoms with van der Waals surface area (Å²) < 4.78 is 12.0. The van der Waals surface area contributed by atoms with Crippen molar-refractivity contribution in [1.29, 1.82) is 0 Å². The highest BCUT2D eigenvalue weighted by Gasteiger charge is 2.51. The molecule has 0 bridgehead atoms. The van der Waals surface area contributed by atoms with E-state index in [1.165, 1.54) is 19.3 Å². The SMILES string of the molecule is CC1(C)OB(c2cnc(N3CCCCC3)nc2)OC1(C)C. The van der Waals surface area contributed by atoms with E-state index in [9.17, 15) is 0 Å². The van der Waals surface area contributed by atoms with Gasteiger partial charge in [-0.05, 0) is 47.0 Å². The molecule has 0 amide bonds. The van der Waals surface area contributed by atoms with E-state index >= 15 is 0 Å². The van der Waals surface area contributed by atoms with E-state index in [1.54, 1.807) is 0 Å². The van der Waals surface area contributed by atoms with Crippen molar-refractivity contribution in [2.75, 3.05) is 18.0 Å². The lowest BCUT2D eigenvalue weighted by Gasteiger charge is -2.32. The number of rotatable bonds is 2. The Kier molecular flexibility index (Phi) is 3.70. The van der Waals surface area contributed by atoms with E-state index in [0.717, 1.165) is 24.5 Å². The lowest BCUT2D eigenvalue weighted by molar-refractivity contribution is 0.00578. The third-order valence-electron chi connectivity index (χ3n) is 4.82. The van der Waals surface area contributed by atoms with Crippen molar-refractivity contribution >= 4 is 18.5 Å². The van der Waals surface area contributed by atoms with Crippen LogP contribution in [0.5, 0.6) is 0 Å². The Morgan fingerprint density at radius 1 is 0.952 bits per heavy atom. The minimum Gasteiger partial charge on any atom is -0.399 e. The molecule has 1 aromatic rings. The van der Waals surface area contributed by atoms with Crippen molar-refractivity contribution < 1.29 is 9.31 Å². The summed E-state index contributed by atoms with van der Waals surface area (Å²) in [5, 5.41) is 0. The van der Waals surface area contributed by atoms with E-state index < -0.39 is 0 Å². The molecule has 0 aliphatic carbocycles. The molecular weight excluding hydrogens is 265 g/mol. The molecule has 0 saturated carbocycles. The molecule has 0 atom stereocenters. The molecule has 1 aromatic heterocycles. The monoisotopic (exact) mass is 289 g/mol. The van der Waals surface area contributed by atoms with Gasteiger partial charge in [0.25, 0.3) is 0 Å². The van der Waals surface area contributed by atoms with Crippen LogP contribution >= 0.6 is 0 Å². The zero-order valence-corrected chi connectivity index (χ0v) is 13.4. The fraction of sp³-hybridized carbons (Fsp3) is 0.733. The Labute approximate surface area is 127 Å². The highest BCUT2D eigenvalue weighted by atomic mass is 16.7. The lowest BCUT2D eigenvalue weighted by Crippen LogP contribution is -2.41. The minimum atomic E-state index is -0.384. The summed E-state index contributed by atoms with van der Waals surface area (Å²) in [6.07, 6.45) is 7.42. The van der Waals surface area contributed by atoms with Crippen LogP contribution in [0.2, 0.25) is 0 Å². The number of hydrogen-bond donors (Lipinski definition) is 0. The van der Waals surface area contributed by atoms with Gasteiger partial charge in [0, 0.05) is 30.9 Å². The third-order valence-corrected chi connectivity index (χ3v) is 4.82. The van der Waals surface area contributed by atoms with Crippen molar-refractivity contribution in [3.8, 4) is 0 Å². The van der Waals surface area contributed by atoms with Gasteiger partial charge < -0.3 is 14.2 Å². The van der Waals surface area contributed by atoms with E-state index in [2.05, 4.69) is 42.6 Å². The van der Waals surface area contributed by atoms with Crippen molar-refractivity contribution in [3.63, 3.8) is 0 Å². The van der Waals surface area contributed by atoms with Crippen LogP contribution in [0.15, 0.2) is 12.4 Å². The Balaban J connectivity index is 1.73. The first kappa shape index (κ1) is 14.8. The van der Waals surface area contributed by atoms with Gasteiger partial charge in [0.2, 0.25) is 5.95 Å². The zero-order valence-electron chi connectivity index (χ0n) is 13.4. The number of piperidine rings is 1. The van der Waals surface area contributed by atoms with E-state index in [0.29, 0.717) is 0 Å². The van der Waals surface area contributed by atoms with Crippen LogP contribution in [0.3, 0.4) is 0 Å². The topological polar surface area (TPSA) is 47.5 Å². The maximum Gasteiger partial charge on any atom is 0.498 e. The van der Waals surface area contributed by atoms with Crippen molar-refractivity contribution in [1.82, 2.24) is 9.97 Å². The Morgan fingerprint density at radius 2 is 1.48 bits per heavy atom. The molecule has 5 nitrogen and oxygen atoms in total. The normalized spacial score (nSPS) is 24.4. The van der Waals surface area contributed by atoms with Gasteiger partial charge in [-0.1, -0.05) is 0 Å². The standard InChI is InChI=1S/C15H24BN3O2/c1-14(2)15(3,4)21-16(20-14)12-10-17-13(18-11-12)19-8-6-5-7-9-19/h10-11H,5-9H2,1-4H3. The molecule has 0 unspecified atom stereocenters. The molecule has 3 heterocycles. The summed E-state index contributed by atoms with van der Waals surface area (Å²) in [7, 11) is -0.384. The highest BCUT2D eigenvalue weighted by molar-refractivity contribution is 6.61. The average molecular weight is 289 g/mol. The van der Waals surface area contributed by atoms with Gasteiger partial charge >= 0.3 is 7.12 Å². The van der Waals surface area contributed by atoms with E-state index in [4.69, 9.17) is 9.31 Å². The summed E-state index contributed by atoms with van der Waals surface area (Å²) in [6.45, 7) is 10.3. The van der Waals surface area contributed by atoms with Gasteiger partial charge in [-0.3, -0.25) is 0 Å². The van der Waals surface area contributed by atoms with Gasteiger partial charge in [0.1, 0.15) is 0 Å². The first-order chi connectivity index (χ1) is 9.89. The van der Waals surface area contributed by atoms with Crippen molar-refractivity contribution in [2.45, 2.75) is 58.2 Å². The third kappa shape index (κ3) is 2.79. The van der Waals surface area contributed by atoms with Crippen LogP contribution in [0.1, 0.15) is 47.0 Å². The quantitative estimate of drug-likeness (QED) is 0.776. The molecular formula is C15H24BN3O2. The fourth-order valence-corrected chi connectivity index (χ4v) is 2.69. The average Bonchev–Trinajstić information content (AvgIpc) is 2.69. The van der Waals surface area contributed by atoms with Gasteiger partial charge in [-0.2, -0.15) is 0 Å². The van der Waals surface area contributed by atoms with Crippen LogP contribution < -0.4 is 10.4 Å². The summed E-state index contributed by atoms with van der Waals surface area (Å²) >= 11 is 0. The van der Waals surface area contributed by atoms with Gasteiger partial charge in [0.05, 0.1) is 11.2 Å². The molecule has 0 spiro atoms. The smallest absolute Gasteiger partial charge is 0.399 e. The highest BCUT2D eigenvalue weighted by Crippen LogP contribution is 2.36. The van der Waals surface area contributed by atoms with Gasteiger partial charge in [-0.25, -0.2) is 9.97 Å². The van der Waals surface area contributed by atoms with Crippen LogP contribution in [-0.4, -0.2) is 41.4 Å². The van der Waals surface area contributed by atoms with Gasteiger partial charge in [-0.15, -0.1) is 0 Å². The van der Waals surface area contributed by atoms with Crippen LogP contribution in [-0.2, 0) is 9.31 Å². The first-order valence-corrected chi connectivity index (χ1v) is 7.82. The van der Waals surface area contributed by atoms with Crippen LogP contribution in [0.4, 0.5) is 5.95 Å². The second-order valence-corrected chi connectivity index (χ2v) is 6.95. The second kappa shape index (κ2) is 5.25. The summed E-state index contributed by atoms with van der Waals surface area (Å²) in [5.74, 6) is 0.815. The van der Waals surface area contributed by atoms with Crippen molar-refractivity contribution in [3.05, 3.63) is 12.4 Å². The van der Waals surface area contributed by atoms with Crippen LogP contribution in [0.25, 0.3) is 0 Å². The molecule has 2 fully saturated rings. The van der Waals surface area contributed by atoms with Gasteiger partial charge in [0.15, 0.2) is 0 Å².